The summed E-state index contributed by atoms with van der Waals surface area (Å²) in [5, 5.41) is 6.15. The van der Waals surface area contributed by atoms with Gasteiger partial charge in [-0.15, -0.1) is 11.3 Å². The average Bonchev–Trinajstić information content (AvgIpc) is 3.58. The molecule has 0 spiro atoms. The number of pyridine rings is 1. The van der Waals surface area contributed by atoms with Crippen LogP contribution in [0.2, 0.25) is 0 Å². The third kappa shape index (κ3) is 5.62. The number of rotatable bonds is 5. The summed E-state index contributed by atoms with van der Waals surface area (Å²) >= 11 is 0.509. The van der Waals surface area contributed by atoms with Crippen LogP contribution in [0.25, 0.3) is 38.2 Å². The van der Waals surface area contributed by atoms with E-state index in [4.69, 9.17) is 5.73 Å². The van der Waals surface area contributed by atoms with Crippen LogP contribution in [-0.2, 0) is 12.4 Å². The topological polar surface area (TPSA) is 115 Å². The number of aromatic nitrogens is 4. The summed E-state index contributed by atoms with van der Waals surface area (Å²) < 4.78 is 97.5. The van der Waals surface area contributed by atoms with E-state index >= 15 is 0 Å². The number of nitrogens with one attached hydrogen (secondary N) is 1. The number of halogens is 7. The van der Waals surface area contributed by atoms with Gasteiger partial charge in [-0.1, -0.05) is 29.8 Å². The van der Waals surface area contributed by atoms with E-state index in [-0.39, 0.29) is 43.2 Å². The molecule has 3 N–H and O–H groups in total. The fraction of sp³-hybridized carbons (Fsp3) is 0.100. The highest BCUT2D eigenvalue weighted by atomic mass is 32.1. The molecule has 6 rings (SSSR count). The number of fused-ring (bicyclic) bond motifs is 2. The highest BCUT2D eigenvalue weighted by molar-refractivity contribution is 7.21. The van der Waals surface area contributed by atoms with Crippen molar-refractivity contribution in [3.63, 3.8) is 0 Å². The van der Waals surface area contributed by atoms with Crippen LogP contribution in [0.3, 0.4) is 0 Å². The minimum atomic E-state index is -4.96. The zero-order valence-corrected chi connectivity index (χ0v) is 23.9. The van der Waals surface area contributed by atoms with Crippen molar-refractivity contribution >= 4 is 44.7 Å². The number of primary amides is 1. The maximum absolute atomic E-state index is 14.1. The van der Waals surface area contributed by atoms with Gasteiger partial charge < -0.3 is 11.1 Å². The first kappa shape index (κ1) is 30.6. The van der Waals surface area contributed by atoms with Crippen molar-refractivity contribution in [2.75, 3.05) is 5.32 Å². The monoisotopic (exact) mass is 658 g/mol. The summed E-state index contributed by atoms with van der Waals surface area (Å²) in [5.41, 5.74) is 2.79. The molecule has 0 saturated carbocycles. The molecule has 0 saturated heterocycles. The molecule has 0 fully saturated rings. The number of carbonyl (C=O) groups excluding carboxylic acids is 2. The lowest BCUT2D eigenvalue weighted by Crippen LogP contribution is -2.18. The van der Waals surface area contributed by atoms with E-state index < -0.39 is 47.1 Å². The molecule has 8 nitrogen and oxygen atoms in total. The van der Waals surface area contributed by atoms with Crippen molar-refractivity contribution in [3.8, 4) is 22.4 Å². The molecule has 6 aromatic rings. The van der Waals surface area contributed by atoms with E-state index in [9.17, 15) is 40.3 Å². The smallest absolute Gasteiger partial charge is 0.365 e. The van der Waals surface area contributed by atoms with Crippen LogP contribution < -0.4 is 11.1 Å². The first-order valence-corrected chi connectivity index (χ1v) is 13.9. The first-order valence-electron chi connectivity index (χ1n) is 13.1. The van der Waals surface area contributed by atoms with Crippen molar-refractivity contribution in [1.82, 2.24) is 19.6 Å². The Morgan fingerprint density at radius 2 is 1.52 bits per heavy atom. The van der Waals surface area contributed by atoms with Gasteiger partial charge in [-0.25, -0.2) is 18.9 Å². The Morgan fingerprint density at radius 1 is 0.870 bits per heavy atom. The molecule has 4 heterocycles. The summed E-state index contributed by atoms with van der Waals surface area (Å²) in [6.07, 6.45) is -9.82. The normalized spacial score (nSPS) is 12.2. The zero-order chi connectivity index (χ0) is 33.1. The molecular formula is C30H17F7N6O2S. The molecule has 46 heavy (non-hydrogen) atoms. The van der Waals surface area contributed by atoms with Gasteiger partial charge in [-0.3, -0.25) is 9.59 Å². The van der Waals surface area contributed by atoms with Gasteiger partial charge in [0.1, 0.15) is 21.2 Å². The number of carbonyl (C=O) groups is 2. The molecular weight excluding hydrogens is 641 g/mol. The van der Waals surface area contributed by atoms with Crippen molar-refractivity contribution in [1.29, 1.82) is 0 Å². The maximum atomic E-state index is 14.1. The van der Waals surface area contributed by atoms with Gasteiger partial charge in [0.05, 0.1) is 11.4 Å². The lowest BCUT2D eigenvalue weighted by Gasteiger charge is -2.12. The second-order valence-corrected chi connectivity index (χ2v) is 11.1. The van der Waals surface area contributed by atoms with Gasteiger partial charge in [0.15, 0.2) is 17.0 Å². The number of aryl methyl sites for hydroxylation is 1. The molecule has 0 aliphatic rings. The van der Waals surface area contributed by atoms with Crippen LogP contribution >= 0.6 is 11.3 Å². The van der Waals surface area contributed by atoms with Crippen LogP contribution in [0.15, 0.2) is 66.7 Å². The van der Waals surface area contributed by atoms with Gasteiger partial charge >= 0.3 is 12.4 Å². The van der Waals surface area contributed by atoms with Crippen LogP contribution in [0.4, 0.5) is 36.4 Å². The van der Waals surface area contributed by atoms with Gasteiger partial charge in [0.25, 0.3) is 11.8 Å². The van der Waals surface area contributed by atoms with Crippen LogP contribution in [0, 0.1) is 12.7 Å². The van der Waals surface area contributed by atoms with Crippen LogP contribution in [0.1, 0.15) is 37.1 Å². The fourth-order valence-electron chi connectivity index (χ4n) is 4.73. The maximum Gasteiger partial charge on any atom is 0.433 e. The molecule has 0 unspecified atom stereocenters. The van der Waals surface area contributed by atoms with Crippen molar-refractivity contribution in [2.24, 2.45) is 5.73 Å². The Balaban J connectivity index is 1.50. The molecule has 0 aliphatic carbocycles. The molecule has 2 aromatic carbocycles. The molecule has 16 heteroatoms. The van der Waals surface area contributed by atoms with E-state index in [1.807, 2.05) is 0 Å². The summed E-state index contributed by atoms with van der Waals surface area (Å²) in [7, 11) is 0. The van der Waals surface area contributed by atoms with E-state index in [0.29, 0.717) is 27.5 Å². The van der Waals surface area contributed by atoms with Crippen LogP contribution in [-0.4, -0.2) is 31.4 Å². The quantitative estimate of drug-likeness (QED) is 0.186. The number of hydrogen-bond donors (Lipinski definition) is 2. The van der Waals surface area contributed by atoms with Gasteiger partial charge in [-0.05, 0) is 54.4 Å². The molecule has 0 atom stereocenters. The summed E-state index contributed by atoms with van der Waals surface area (Å²) in [5.74, 6) is -2.82. The number of benzene rings is 2. The van der Waals surface area contributed by atoms with Crippen molar-refractivity contribution in [2.45, 2.75) is 19.3 Å². The third-order valence-corrected chi connectivity index (χ3v) is 7.97. The lowest BCUT2D eigenvalue weighted by molar-refractivity contribution is -0.143. The second-order valence-electron chi connectivity index (χ2n) is 10.1. The highest BCUT2D eigenvalue weighted by Gasteiger charge is 2.37. The Kier molecular flexibility index (Phi) is 7.26. The second kappa shape index (κ2) is 10.9. The number of hydrogen-bond acceptors (Lipinski definition) is 6. The van der Waals surface area contributed by atoms with Gasteiger partial charge in [0.2, 0.25) is 0 Å². The molecule has 234 valence electrons. The standard InChI is InChI=1S/C30H17F7N6O2S/c1-13-2-4-14(5-3-13)17-10-20(29(32,33)34)40-28-23(17)24(25(46-28)26(38)44)41-27(45)19-12-22-39-18(15-6-8-16(31)9-7-15)11-21(30(35,36)37)43(22)42-19/h2-12H,1H3,(H2,38,44)(H,41,45). The predicted octanol–water partition coefficient (Wildman–Crippen LogP) is 7.51. The minimum absolute atomic E-state index is 0.0312. The van der Waals surface area contributed by atoms with E-state index in [0.717, 1.165) is 29.8 Å². The summed E-state index contributed by atoms with van der Waals surface area (Å²) in [6, 6.07) is 13.3. The summed E-state index contributed by atoms with van der Waals surface area (Å²) in [4.78, 5) is 33.1. The zero-order valence-electron chi connectivity index (χ0n) is 23.1. The number of amides is 2. The number of nitrogens with two attached hydrogens (primary N) is 1. The van der Waals surface area contributed by atoms with Crippen molar-refractivity contribution in [3.05, 3.63) is 100 Å². The van der Waals surface area contributed by atoms with E-state index in [1.54, 1.807) is 31.2 Å². The molecule has 4 aromatic heterocycles. The van der Waals surface area contributed by atoms with Gasteiger partial charge in [-0.2, -0.15) is 31.4 Å². The first-order chi connectivity index (χ1) is 21.6. The van der Waals surface area contributed by atoms with E-state index in [1.165, 1.54) is 12.1 Å². The Hall–Kier alpha value is -5.38. The molecule has 0 bridgehead atoms. The third-order valence-electron chi connectivity index (χ3n) is 6.87. The van der Waals surface area contributed by atoms with Gasteiger partial charge in [0, 0.05) is 17.0 Å². The summed E-state index contributed by atoms with van der Waals surface area (Å²) in [6.45, 7) is 1.77. The Bertz CT molecular complexity index is 2170. The number of thiophene rings is 1. The minimum Gasteiger partial charge on any atom is -0.365 e. The van der Waals surface area contributed by atoms with Crippen molar-refractivity contribution < 1.29 is 40.3 Å². The van der Waals surface area contributed by atoms with E-state index in [2.05, 4.69) is 20.4 Å². The number of anilines is 1. The Morgan fingerprint density at radius 3 is 2.13 bits per heavy atom. The molecule has 0 aliphatic heterocycles. The fourth-order valence-corrected chi connectivity index (χ4v) is 5.74. The molecule has 0 radical (unpaired) electrons. The SMILES string of the molecule is Cc1ccc(-c2cc(C(F)(F)F)nc3sc(C(N)=O)c(NC(=O)c4cc5nc(-c6ccc(F)cc6)cc(C(F)(F)F)n5n4)c23)cc1. The lowest BCUT2D eigenvalue weighted by atomic mass is 10.00. The number of nitrogens with zero attached hydrogens (tertiary/aromatic N) is 4. The Labute approximate surface area is 257 Å². The predicted molar refractivity (Wildman–Crippen MR) is 155 cm³/mol. The molecule has 2 amide bonds. The average molecular weight is 659 g/mol. The van der Waals surface area contributed by atoms with Crippen LogP contribution in [0.5, 0.6) is 0 Å². The largest absolute Gasteiger partial charge is 0.433 e. The highest BCUT2D eigenvalue weighted by Crippen LogP contribution is 2.44. The number of alkyl halides is 6.